The van der Waals surface area contributed by atoms with Gasteiger partial charge in [-0.3, -0.25) is 9.59 Å². The number of carboxylic acid groups (broad SMARTS) is 1. The number of hydrogen-bond donors (Lipinski definition) is 3. The van der Waals surface area contributed by atoms with Gasteiger partial charge in [0.1, 0.15) is 0 Å². The highest BCUT2D eigenvalue weighted by Crippen LogP contribution is 2.21. The van der Waals surface area contributed by atoms with Gasteiger partial charge in [-0.2, -0.15) is 0 Å². The van der Waals surface area contributed by atoms with Gasteiger partial charge in [-0.15, -0.1) is 0 Å². The molecule has 1 aliphatic heterocycles. The number of para-hydroxylation sites is 1. The van der Waals surface area contributed by atoms with Crippen LogP contribution in [0.3, 0.4) is 0 Å². The first-order chi connectivity index (χ1) is 10.1. The van der Waals surface area contributed by atoms with E-state index < -0.39 is 17.9 Å². The van der Waals surface area contributed by atoms with Gasteiger partial charge in [0.2, 0.25) is 5.91 Å². The lowest BCUT2D eigenvalue weighted by atomic mass is 9.97. The number of hydrogen-bond acceptors (Lipinski definition) is 3. The van der Waals surface area contributed by atoms with Crippen LogP contribution in [-0.2, 0) is 16.0 Å². The number of fused-ring (bicyclic) bond motifs is 1. The third kappa shape index (κ3) is 2.50. The summed E-state index contributed by atoms with van der Waals surface area (Å²) >= 11 is 0. The van der Waals surface area contributed by atoms with Crippen LogP contribution in [0, 0.1) is 5.92 Å². The molecule has 21 heavy (non-hydrogen) atoms. The number of amides is 1. The van der Waals surface area contributed by atoms with E-state index in [1.165, 1.54) is 4.90 Å². The Morgan fingerprint density at radius 2 is 2.10 bits per heavy atom. The average molecular weight is 287 g/mol. The molecule has 0 aliphatic carbocycles. The standard InChI is InChI=1S/C15H17N3O3/c16-12(14(19)18-7-10(8-18)15(20)21)5-9-6-17-13-4-2-1-3-11(9)13/h1-4,6,10,12,17H,5,7-8,16H2,(H,20,21)/t12-/m0/s1. The molecular formula is C15H17N3O3. The van der Waals surface area contributed by atoms with E-state index in [2.05, 4.69) is 4.98 Å². The Morgan fingerprint density at radius 1 is 1.38 bits per heavy atom. The number of carbonyl (C=O) groups is 2. The van der Waals surface area contributed by atoms with Crippen molar-refractivity contribution < 1.29 is 14.7 Å². The summed E-state index contributed by atoms with van der Waals surface area (Å²) in [5, 5.41) is 9.89. The van der Waals surface area contributed by atoms with Gasteiger partial charge in [-0.25, -0.2) is 0 Å². The summed E-state index contributed by atoms with van der Waals surface area (Å²) in [4.78, 5) is 27.6. The van der Waals surface area contributed by atoms with E-state index in [0.29, 0.717) is 6.42 Å². The molecule has 0 spiro atoms. The van der Waals surface area contributed by atoms with Gasteiger partial charge in [0, 0.05) is 30.2 Å². The number of benzene rings is 1. The second-order valence-corrected chi connectivity index (χ2v) is 5.45. The average Bonchev–Trinajstić information content (AvgIpc) is 2.80. The minimum absolute atomic E-state index is 0.183. The molecule has 0 saturated carbocycles. The minimum Gasteiger partial charge on any atom is -0.481 e. The normalized spacial score (nSPS) is 16.7. The molecule has 1 aliphatic rings. The molecule has 4 N–H and O–H groups in total. The molecule has 1 aromatic carbocycles. The molecule has 110 valence electrons. The zero-order chi connectivity index (χ0) is 15.0. The summed E-state index contributed by atoms with van der Waals surface area (Å²) in [6.07, 6.45) is 2.31. The number of carbonyl (C=O) groups excluding carboxylic acids is 1. The SMILES string of the molecule is N[C@@H](Cc1c[nH]c2ccccc12)C(=O)N1CC(C(=O)O)C1. The van der Waals surface area contributed by atoms with Crippen molar-refractivity contribution in [1.82, 2.24) is 9.88 Å². The van der Waals surface area contributed by atoms with Crippen LogP contribution in [0.25, 0.3) is 10.9 Å². The predicted molar refractivity (Wildman–Crippen MR) is 77.7 cm³/mol. The summed E-state index contributed by atoms with van der Waals surface area (Å²) in [6.45, 7) is 0.519. The predicted octanol–water partition coefficient (Wildman–Crippen LogP) is 0.581. The molecule has 2 aromatic rings. The van der Waals surface area contributed by atoms with E-state index in [4.69, 9.17) is 10.8 Å². The fourth-order valence-corrected chi connectivity index (χ4v) is 2.67. The highest BCUT2D eigenvalue weighted by Gasteiger charge is 2.37. The van der Waals surface area contributed by atoms with E-state index in [-0.39, 0.29) is 19.0 Å². The van der Waals surface area contributed by atoms with Gasteiger partial charge < -0.3 is 20.7 Å². The third-order valence-electron chi connectivity index (χ3n) is 3.97. The van der Waals surface area contributed by atoms with Crippen LogP contribution < -0.4 is 5.73 Å². The Morgan fingerprint density at radius 3 is 2.81 bits per heavy atom. The van der Waals surface area contributed by atoms with Crippen molar-refractivity contribution in [2.75, 3.05) is 13.1 Å². The zero-order valence-electron chi connectivity index (χ0n) is 11.5. The Labute approximate surface area is 121 Å². The topological polar surface area (TPSA) is 99.4 Å². The van der Waals surface area contributed by atoms with Crippen LogP contribution in [0.1, 0.15) is 5.56 Å². The summed E-state index contributed by atoms with van der Waals surface area (Å²) in [7, 11) is 0. The Bertz CT molecular complexity index is 688. The highest BCUT2D eigenvalue weighted by molar-refractivity contribution is 5.87. The quantitative estimate of drug-likeness (QED) is 0.766. The fourth-order valence-electron chi connectivity index (χ4n) is 2.67. The van der Waals surface area contributed by atoms with Crippen LogP contribution in [0.5, 0.6) is 0 Å². The third-order valence-corrected chi connectivity index (χ3v) is 3.97. The maximum Gasteiger partial charge on any atom is 0.310 e. The number of likely N-dealkylation sites (tertiary alicyclic amines) is 1. The number of carboxylic acids is 1. The first-order valence-corrected chi connectivity index (χ1v) is 6.88. The molecule has 0 radical (unpaired) electrons. The second-order valence-electron chi connectivity index (χ2n) is 5.45. The molecule has 2 heterocycles. The van der Waals surface area contributed by atoms with Crippen molar-refractivity contribution in [3.05, 3.63) is 36.0 Å². The number of H-pyrrole nitrogens is 1. The zero-order valence-corrected chi connectivity index (χ0v) is 11.5. The smallest absolute Gasteiger partial charge is 0.310 e. The van der Waals surface area contributed by atoms with Crippen LogP contribution in [0.4, 0.5) is 0 Å². The maximum absolute atomic E-state index is 12.2. The van der Waals surface area contributed by atoms with Crippen LogP contribution in [-0.4, -0.2) is 46.0 Å². The molecule has 6 nitrogen and oxygen atoms in total. The van der Waals surface area contributed by atoms with E-state index in [1.54, 1.807) is 0 Å². The van der Waals surface area contributed by atoms with E-state index in [1.807, 2.05) is 30.5 Å². The molecule has 1 saturated heterocycles. The van der Waals surface area contributed by atoms with Gasteiger partial charge in [-0.1, -0.05) is 18.2 Å². The number of aromatic nitrogens is 1. The Kier molecular flexibility index (Phi) is 3.39. The lowest BCUT2D eigenvalue weighted by Crippen LogP contribution is -2.57. The van der Waals surface area contributed by atoms with Crippen LogP contribution in [0.15, 0.2) is 30.5 Å². The van der Waals surface area contributed by atoms with E-state index in [9.17, 15) is 9.59 Å². The van der Waals surface area contributed by atoms with E-state index >= 15 is 0 Å². The van der Waals surface area contributed by atoms with Crippen molar-refractivity contribution in [3.63, 3.8) is 0 Å². The number of aromatic amines is 1. The second kappa shape index (κ2) is 5.21. The monoisotopic (exact) mass is 287 g/mol. The molecule has 0 bridgehead atoms. The number of aliphatic carboxylic acids is 1. The number of nitrogens with zero attached hydrogens (tertiary/aromatic N) is 1. The Hall–Kier alpha value is -2.34. The van der Waals surface area contributed by atoms with Crippen molar-refractivity contribution >= 4 is 22.8 Å². The first kappa shape index (κ1) is 13.6. The van der Waals surface area contributed by atoms with Gasteiger partial charge in [0.25, 0.3) is 0 Å². The van der Waals surface area contributed by atoms with Crippen molar-refractivity contribution in [2.45, 2.75) is 12.5 Å². The number of nitrogens with two attached hydrogens (primary N) is 1. The summed E-state index contributed by atoms with van der Waals surface area (Å²) in [6, 6.07) is 7.21. The van der Waals surface area contributed by atoms with Gasteiger partial charge in [-0.05, 0) is 18.1 Å². The van der Waals surface area contributed by atoms with Crippen molar-refractivity contribution in [2.24, 2.45) is 11.7 Å². The minimum atomic E-state index is -0.857. The Balaban J connectivity index is 1.65. The van der Waals surface area contributed by atoms with Crippen molar-refractivity contribution in [3.8, 4) is 0 Å². The maximum atomic E-state index is 12.2. The summed E-state index contributed by atoms with van der Waals surface area (Å²) in [5.41, 5.74) is 8.00. The van der Waals surface area contributed by atoms with Crippen LogP contribution in [0.2, 0.25) is 0 Å². The van der Waals surface area contributed by atoms with E-state index in [0.717, 1.165) is 16.5 Å². The fraction of sp³-hybridized carbons (Fsp3) is 0.333. The highest BCUT2D eigenvalue weighted by atomic mass is 16.4. The lowest BCUT2D eigenvalue weighted by Gasteiger charge is -2.38. The largest absolute Gasteiger partial charge is 0.481 e. The van der Waals surface area contributed by atoms with Gasteiger partial charge in [0.05, 0.1) is 12.0 Å². The summed E-state index contributed by atoms with van der Waals surface area (Å²) in [5.74, 6) is -1.49. The molecule has 1 atom stereocenters. The lowest BCUT2D eigenvalue weighted by molar-refractivity contribution is -0.153. The molecule has 1 amide bonds. The molecule has 1 fully saturated rings. The molecule has 0 unspecified atom stereocenters. The van der Waals surface area contributed by atoms with Gasteiger partial charge >= 0.3 is 5.97 Å². The molecule has 6 heteroatoms. The summed E-state index contributed by atoms with van der Waals surface area (Å²) < 4.78 is 0. The molecule has 3 rings (SSSR count). The number of nitrogens with one attached hydrogen (secondary N) is 1. The van der Waals surface area contributed by atoms with Gasteiger partial charge in [0.15, 0.2) is 0 Å². The first-order valence-electron chi connectivity index (χ1n) is 6.88. The van der Waals surface area contributed by atoms with Crippen LogP contribution >= 0.6 is 0 Å². The molecule has 1 aromatic heterocycles. The molecular weight excluding hydrogens is 270 g/mol. The van der Waals surface area contributed by atoms with Crippen molar-refractivity contribution in [1.29, 1.82) is 0 Å². The number of rotatable bonds is 4.